The summed E-state index contributed by atoms with van der Waals surface area (Å²) in [6.45, 7) is 4.12. The lowest BCUT2D eigenvalue weighted by atomic mass is 10.1. The second-order valence-corrected chi connectivity index (χ2v) is 5.48. The molecule has 1 heterocycles. The van der Waals surface area contributed by atoms with Gasteiger partial charge in [0.15, 0.2) is 0 Å². The molecule has 1 rings (SSSR count). The predicted molar refractivity (Wildman–Crippen MR) is 62.4 cm³/mol. The van der Waals surface area contributed by atoms with Crippen molar-refractivity contribution in [3.63, 3.8) is 0 Å². The molecule has 0 atom stereocenters. The molecule has 0 radical (unpaired) electrons. The van der Waals surface area contributed by atoms with Gasteiger partial charge in [0.2, 0.25) is 0 Å². The number of carboxylic acids is 1. The van der Waals surface area contributed by atoms with Gasteiger partial charge in [0.25, 0.3) is 0 Å². The van der Waals surface area contributed by atoms with Crippen molar-refractivity contribution in [1.82, 2.24) is 0 Å². The highest BCUT2D eigenvalue weighted by molar-refractivity contribution is 9.11. The number of thiophene rings is 1. The van der Waals surface area contributed by atoms with Crippen molar-refractivity contribution in [2.24, 2.45) is 0 Å². The molecule has 0 bridgehead atoms. The third kappa shape index (κ3) is 2.17. The quantitative estimate of drug-likeness (QED) is 0.910. The number of aryl methyl sites for hydroxylation is 1. The molecule has 1 aromatic rings. The van der Waals surface area contributed by atoms with Crippen LogP contribution in [0.4, 0.5) is 0 Å². The minimum atomic E-state index is -0.823. The maximum Gasteiger partial charge on any atom is 0.338 e. The first-order valence-electron chi connectivity index (χ1n) is 4.65. The number of halogens is 1. The number of aromatic carboxylic acids is 1. The van der Waals surface area contributed by atoms with E-state index in [1.165, 1.54) is 4.88 Å². The van der Waals surface area contributed by atoms with Crippen LogP contribution in [0.5, 0.6) is 0 Å². The van der Waals surface area contributed by atoms with Gasteiger partial charge >= 0.3 is 5.97 Å². The van der Waals surface area contributed by atoms with Crippen LogP contribution in [0.1, 0.15) is 41.1 Å². The van der Waals surface area contributed by atoms with Gasteiger partial charge < -0.3 is 5.11 Å². The predicted octanol–water partition coefficient (Wildman–Crippen LogP) is 3.72. The molecule has 0 aromatic carbocycles. The van der Waals surface area contributed by atoms with Crippen LogP contribution in [-0.2, 0) is 12.8 Å². The smallest absolute Gasteiger partial charge is 0.338 e. The number of hydrogen-bond donors (Lipinski definition) is 1. The van der Waals surface area contributed by atoms with E-state index in [0.717, 1.165) is 28.6 Å². The summed E-state index contributed by atoms with van der Waals surface area (Å²) in [5.41, 5.74) is 1.48. The van der Waals surface area contributed by atoms with Gasteiger partial charge in [0.1, 0.15) is 0 Å². The van der Waals surface area contributed by atoms with Crippen LogP contribution in [0.25, 0.3) is 0 Å². The Morgan fingerprint density at radius 2 is 2.14 bits per heavy atom. The zero-order valence-electron chi connectivity index (χ0n) is 8.26. The van der Waals surface area contributed by atoms with E-state index in [0.29, 0.717) is 5.56 Å². The zero-order valence-corrected chi connectivity index (χ0v) is 10.7. The molecular weight excluding hydrogens is 264 g/mol. The van der Waals surface area contributed by atoms with Gasteiger partial charge in [0.05, 0.1) is 9.35 Å². The Hall–Kier alpha value is -0.350. The summed E-state index contributed by atoms with van der Waals surface area (Å²) in [6, 6.07) is 0. The normalized spacial score (nSPS) is 10.5. The van der Waals surface area contributed by atoms with Gasteiger partial charge in [-0.3, -0.25) is 0 Å². The molecule has 0 spiro atoms. The van der Waals surface area contributed by atoms with Crippen LogP contribution in [0.3, 0.4) is 0 Å². The number of hydrogen-bond acceptors (Lipinski definition) is 2. The summed E-state index contributed by atoms with van der Waals surface area (Å²) in [6.07, 6.45) is 2.75. The van der Waals surface area contributed by atoms with Gasteiger partial charge in [-0.1, -0.05) is 20.3 Å². The van der Waals surface area contributed by atoms with Crippen molar-refractivity contribution >= 4 is 33.2 Å². The molecule has 14 heavy (non-hydrogen) atoms. The van der Waals surface area contributed by atoms with Gasteiger partial charge in [-0.05, 0) is 34.3 Å². The second-order valence-electron chi connectivity index (χ2n) is 3.06. The van der Waals surface area contributed by atoms with Gasteiger partial charge in [-0.2, -0.15) is 0 Å². The van der Waals surface area contributed by atoms with Crippen molar-refractivity contribution in [2.75, 3.05) is 0 Å². The van der Waals surface area contributed by atoms with Crippen molar-refractivity contribution in [3.05, 3.63) is 19.8 Å². The number of carboxylic acid groups (broad SMARTS) is 1. The van der Waals surface area contributed by atoms with Gasteiger partial charge in [0, 0.05) is 4.88 Å². The Bertz CT molecular complexity index is 344. The molecule has 0 unspecified atom stereocenters. The van der Waals surface area contributed by atoms with E-state index in [4.69, 9.17) is 5.11 Å². The summed E-state index contributed by atoms with van der Waals surface area (Å²) in [5, 5.41) is 9.06. The molecule has 4 heteroatoms. The monoisotopic (exact) mass is 276 g/mol. The first-order chi connectivity index (χ1) is 6.61. The lowest BCUT2D eigenvalue weighted by Gasteiger charge is -2.01. The molecule has 0 aliphatic rings. The summed E-state index contributed by atoms with van der Waals surface area (Å²) >= 11 is 4.86. The van der Waals surface area contributed by atoms with Crippen LogP contribution >= 0.6 is 27.3 Å². The van der Waals surface area contributed by atoms with E-state index in [2.05, 4.69) is 29.8 Å². The Morgan fingerprint density at radius 1 is 1.50 bits per heavy atom. The number of rotatable bonds is 4. The maximum absolute atomic E-state index is 11.0. The van der Waals surface area contributed by atoms with Crippen molar-refractivity contribution < 1.29 is 9.90 Å². The van der Waals surface area contributed by atoms with Crippen molar-refractivity contribution in [1.29, 1.82) is 0 Å². The molecule has 0 aliphatic carbocycles. The van der Waals surface area contributed by atoms with Crippen LogP contribution in [0.2, 0.25) is 0 Å². The Kier molecular flexibility index (Phi) is 4.13. The molecule has 1 N–H and O–H groups in total. The van der Waals surface area contributed by atoms with E-state index in [9.17, 15) is 4.79 Å². The van der Waals surface area contributed by atoms with E-state index in [1.54, 1.807) is 11.3 Å². The zero-order chi connectivity index (χ0) is 10.7. The standard InChI is InChI=1S/C10H13BrO2S/c1-3-5-6-7(4-2)14-9(11)8(6)10(12)13/h3-5H2,1-2H3,(H,12,13). The summed E-state index contributed by atoms with van der Waals surface area (Å²) in [7, 11) is 0. The lowest BCUT2D eigenvalue weighted by molar-refractivity contribution is 0.0695. The lowest BCUT2D eigenvalue weighted by Crippen LogP contribution is -2.01. The van der Waals surface area contributed by atoms with Crippen LogP contribution < -0.4 is 0 Å². The average molecular weight is 277 g/mol. The highest BCUT2D eigenvalue weighted by Gasteiger charge is 2.20. The summed E-state index contributed by atoms with van der Waals surface area (Å²) < 4.78 is 0.755. The molecule has 0 saturated carbocycles. The minimum Gasteiger partial charge on any atom is -0.478 e. The number of carbonyl (C=O) groups is 1. The topological polar surface area (TPSA) is 37.3 Å². The van der Waals surface area contributed by atoms with E-state index >= 15 is 0 Å². The summed E-state index contributed by atoms with van der Waals surface area (Å²) in [5.74, 6) is -0.823. The largest absolute Gasteiger partial charge is 0.478 e. The Labute approximate surface area is 96.1 Å². The molecular formula is C10H13BrO2S. The Morgan fingerprint density at radius 3 is 2.57 bits per heavy atom. The molecule has 0 aliphatic heterocycles. The fraction of sp³-hybridized carbons (Fsp3) is 0.500. The third-order valence-electron chi connectivity index (χ3n) is 2.08. The van der Waals surface area contributed by atoms with Crippen LogP contribution in [0.15, 0.2) is 3.79 Å². The highest BCUT2D eigenvalue weighted by Crippen LogP contribution is 2.34. The molecule has 0 amide bonds. The van der Waals surface area contributed by atoms with Crippen LogP contribution in [-0.4, -0.2) is 11.1 Å². The fourth-order valence-electron chi connectivity index (χ4n) is 1.49. The third-order valence-corrected chi connectivity index (χ3v) is 4.13. The second kappa shape index (κ2) is 4.94. The first-order valence-corrected chi connectivity index (χ1v) is 6.26. The minimum absolute atomic E-state index is 0.466. The Balaban J connectivity index is 3.23. The van der Waals surface area contributed by atoms with Crippen LogP contribution in [0, 0.1) is 0 Å². The fourth-order valence-corrected chi connectivity index (χ4v) is 3.49. The molecule has 0 fully saturated rings. The average Bonchev–Trinajstić information content (AvgIpc) is 2.43. The molecule has 1 aromatic heterocycles. The SMILES string of the molecule is CCCc1c(CC)sc(Br)c1C(=O)O. The van der Waals surface area contributed by atoms with Crippen molar-refractivity contribution in [2.45, 2.75) is 33.1 Å². The molecule has 2 nitrogen and oxygen atoms in total. The maximum atomic E-state index is 11.0. The highest BCUT2D eigenvalue weighted by atomic mass is 79.9. The first kappa shape index (κ1) is 11.7. The van der Waals surface area contributed by atoms with Gasteiger partial charge in [-0.15, -0.1) is 11.3 Å². The van der Waals surface area contributed by atoms with E-state index in [-0.39, 0.29) is 0 Å². The van der Waals surface area contributed by atoms with E-state index in [1.807, 2.05) is 0 Å². The molecule has 78 valence electrons. The van der Waals surface area contributed by atoms with Gasteiger partial charge in [-0.25, -0.2) is 4.79 Å². The summed E-state index contributed by atoms with van der Waals surface area (Å²) in [4.78, 5) is 12.2. The van der Waals surface area contributed by atoms with E-state index < -0.39 is 5.97 Å². The molecule has 0 saturated heterocycles. The van der Waals surface area contributed by atoms with Crippen molar-refractivity contribution in [3.8, 4) is 0 Å².